The first-order valence-corrected chi connectivity index (χ1v) is 11.4. The van der Waals surface area contributed by atoms with E-state index in [1.165, 1.54) is 38.5 Å². The van der Waals surface area contributed by atoms with E-state index >= 15 is 0 Å². The number of nitrogens with one attached hydrogen (secondary N) is 3. The van der Waals surface area contributed by atoms with Gasteiger partial charge in [0.15, 0.2) is 0 Å². The molecule has 5 rings (SSSR count). The zero-order chi connectivity index (χ0) is 20.4. The van der Waals surface area contributed by atoms with Gasteiger partial charge in [-0.1, -0.05) is 19.3 Å². The van der Waals surface area contributed by atoms with E-state index in [4.69, 9.17) is 0 Å². The lowest BCUT2D eigenvalue weighted by molar-refractivity contribution is -0.139. The predicted octanol–water partition coefficient (Wildman–Crippen LogP) is 2.26. The maximum absolute atomic E-state index is 12.5. The molecule has 0 aliphatic heterocycles. The minimum atomic E-state index is -0.767. The molecule has 3 amide bonds. The Labute approximate surface area is 172 Å². The second-order valence-electron chi connectivity index (χ2n) is 9.80. The number of carbonyl (C=O) groups excluding carboxylic acids is 3. The molecule has 160 valence electrons. The Morgan fingerprint density at radius 3 is 2.07 bits per heavy atom. The van der Waals surface area contributed by atoms with E-state index < -0.39 is 11.8 Å². The van der Waals surface area contributed by atoms with Crippen LogP contribution >= 0.6 is 0 Å². The van der Waals surface area contributed by atoms with E-state index in [2.05, 4.69) is 21.2 Å². The summed E-state index contributed by atoms with van der Waals surface area (Å²) in [5.41, 5.74) is 2.79. The van der Waals surface area contributed by atoms with Gasteiger partial charge in [0.1, 0.15) is 0 Å². The average Bonchev–Trinajstić information content (AvgIpc) is 2.69. The van der Waals surface area contributed by atoms with Crippen LogP contribution in [-0.2, 0) is 14.4 Å². The molecule has 0 atom stereocenters. The van der Waals surface area contributed by atoms with Crippen LogP contribution in [0.3, 0.4) is 0 Å². The summed E-state index contributed by atoms with van der Waals surface area (Å²) in [6.07, 6.45) is 11.8. The fraction of sp³-hybridized carbons (Fsp3) is 0.818. The third-order valence-electron chi connectivity index (χ3n) is 7.47. The van der Waals surface area contributed by atoms with Crippen LogP contribution in [0.25, 0.3) is 0 Å². The minimum absolute atomic E-state index is 0.0374. The fourth-order valence-corrected chi connectivity index (χ4v) is 6.36. The predicted molar refractivity (Wildman–Crippen MR) is 110 cm³/mol. The fourth-order valence-electron chi connectivity index (χ4n) is 6.36. The van der Waals surface area contributed by atoms with Gasteiger partial charge >= 0.3 is 11.8 Å². The van der Waals surface area contributed by atoms with Gasteiger partial charge < -0.3 is 10.6 Å². The van der Waals surface area contributed by atoms with Gasteiger partial charge in [-0.05, 0) is 75.5 Å². The van der Waals surface area contributed by atoms with Crippen LogP contribution < -0.4 is 16.1 Å². The molecule has 0 saturated heterocycles. The Balaban J connectivity index is 1.20. The van der Waals surface area contributed by atoms with E-state index in [0.717, 1.165) is 37.5 Å². The number of hydrazone groups is 1. The van der Waals surface area contributed by atoms with Crippen LogP contribution in [0, 0.1) is 23.7 Å². The van der Waals surface area contributed by atoms with Crippen molar-refractivity contribution in [2.45, 2.75) is 89.6 Å². The summed E-state index contributed by atoms with van der Waals surface area (Å²) in [5, 5.41) is 9.97. The molecule has 7 heteroatoms. The number of rotatable bonds is 5. The molecule has 29 heavy (non-hydrogen) atoms. The number of nitrogens with zero attached hydrogens (tertiary/aromatic N) is 1. The first-order chi connectivity index (χ1) is 14.0. The van der Waals surface area contributed by atoms with Crippen LogP contribution in [0.1, 0.15) is 77.6 Å². The molecule has 5 aliphatic rings. The summed E-state index contributed by atoms with van der Waals surface area (Å²) in [4.78, 5) is 36.4. The van der Waals surface area contributed by atoms with Crippen molar-refractivity contribution in [2.24, 2.45) is 28.8 Å². The van der Waals surface area contributed by atoms with E-state index in [1.807, 2.05) is 0 Å². The van der Waals surface area contributed by atoms with Crippen LogP contribution in [0.4, 0.5) is 0 Å². The molecule has 0 aromatic rings. The third kappa shape index (κ3) is 4.98. The van der Waals surface area contributed by atoms with E-state index in [-0.39, 0.29) is 18.4 Å². The van der Waals surface area contributed by atoms with Gasteiger partial charge in [0, 0.05) is 17.8 Å². The standard InChI is InChI=1S/C22H34N4O3/c1-13(25-26-22(29)21(28)23-18-5-3-2-4-6-18)7-19(27)24-20-16-9-14-8-15(11-16)12-17(20)10-14/h14-18,20H,2-12H2,1H3,(H,23,28)(H,24,27)(H,26,29)/b25-13+. The molecule has 0 unspecified atom stereocenters. The summed E-state index contributed by atoms with van der Waals surface area (Å²) in [6.45, 7) is 1.70. The zero-order valence-corrected chi connectivity index (χ0v) is 17.4. The SMILES string of the molecule is C/C(CC(=O)NC1C2CC3CC(C2)CC1C3)=N\NC(=O)C(=O)NC1CCCCC1. The minimum Gasteiger partial charge on any atom is -0.352 e. The van der Waals surface area contributed by atoms with Gasteiger partial charge in [0.25, 0.3) is 0 Å². The topological polar surface area (TPSA) is 99.7 Å². The van der Waals surface area contributed by atoms with Crippen molar-refractivity contribution in [3.05, 3.63) is 0 Å². The first kappa shape index (κ1) is 20.4. The summed E-state index contributed by atoms with van der Waals surface area (Å²) in [6, 6.07) is 0.387. The lowest BCUT2D eigenvalue weighted by Gasteiger charge is -2.54. The van der Waals surface area contributed by atoms with Gasteiger partial charge in [-0.15, -0.1) is 0 Å². The van der Waals surface area contributed by atoms with Crippen molar-refractivity contribution >= 4 is 23.4 Å². The van der Waals surface area contributed by atoms with E-state index in [9.17, 15) is 14.4 Å². The van der Waals surface area contributed by atoms with Crippen molar-refractivity contribution in [3.8, 4) is 0 Å². The van der Waals surface area contributed by atoms with Crippen LogP contribution in [0.2, 0.25) is 0 Å². The first-order valence-electron chi connectivity index (χ1n) is 11.4. The second kappa shape index (κ2) is 8.84. The van der Waals surface area contributed by atoms with Crippen LogP contribution in [0.15, 0.2) is 5.10 Å². The van der Waals surface area contributed by atoms with E-state index in [0.29, 0.717) is 23.6 Å². The second-order valence-corrected chi connectivity index (χ2v) is 9.80. The van der Waals surface area contributed by atoms with Crippen molar-refractivity contribution in [1.82, 2.24) is 16.1 Å². The van der Waals surface area contributed by atoms with Crippen molar-refractivity contribution in [2.75, 3.05) is 0 Å². The summed E-state index contributed by atoms with van der Waals surface area (Å²) < 4.78 is 0. The van der Waals surface area contributed by atoms with Gasteiger partial charge in [0.05, 0.1) is 6.42 Å². The molecular weight excluding hydrogens is 368 g/mol. The molecule has 3 N–H and O–H groups in total. The monoisotopic (exact) mass is 402 g/mol. The Kier molecular flexibility index (Phi) is 6.20. The molecule has 7 nitrogen and oxygen atoms in total. The zero-order valence-electron chi connectivity index (χ0n) is 17.4. The molecular formula is C22H34N4O3. The molecule has 0 aromatic carbocycles. The van der Waals surface area contributed by atoms with Gasteiger partial charge in [-0.3, -0.25) is 14.4 Å². The highest BCUT2D eigenvalue weighted by atomic mass is 16.2. The Hall–Kier alpha value is -1.92. The lowest BCUT2D eigenvalue weighted by Crippen LogP contribution is -2.56. The molecule has 0 spiro atoms. The normalized spacial score (nSPS) is 34.0. The van der Waals surface area contributed by atoms with Gasteiger partial charge in [-0.25, -0.2) is 5.43 Å². The third-order valence-corrected chi connectivity index (χ3v) is 7.47. The maximum atomic E-state index is 12.5. The molecule has 4 bridgehead atoms. The number of carbonyl (C=O) groups is 3. The average molecular weight is 403 g/mol. The quantitative estimate of drug-likeness (QED) is 0.374. The molecule has 0 radical (unpaired) electrons. The molecule has 5 aliphatic carbocycles. The number of hydrogen-bond donors (Lipinski definition) is 3. The van der Waals surface area contributed by atoms with Gasteiger partial charge in [0.2, 0.25) is 5.91 Å². The molecule has 5 saturated carbocycles. The van der Waals surface area contributed by atoms with Crippen molar-refractivity contribution < 1.29 is 14.4 Å². The smallest absolute Gasteiger partial charge is 0.329 e. The number of amides is 3. The van der Waals surface area contributed by atoms with Crippen LogP contribution in [0.5, 0.6) is 0 Å². The van der Waals surface area contributed by atoms with Crippen LogP contribution in [-0.4, -0.2) is 35.5 Å². The lowest BCUT2D eigenvalue weighted by atomic mass is 9.54. The highest BCUT2D eigenvalue weighted by molar-refractivity contribution is 6.35. The summed E-state index contributed by atoms with van der Waals surface area (Å²) in [7, 11) is 0. The highest BCUT2D eigenvalue weighted by Gasteiger charge is 2.48. The van der Waals surface area contributed by atoms with Gasteiger partial charge in [-0.2, -0.15) is 5.10 Å². The maximum Gasteiger partial charge on any atom is 0.329 e. The van der Waals surface area contributed by atoms with Crippen molar-refractivity contribution in [3.63, 3.8) is 0 Å². The molecule has 5 fully saturated rings. The Morgan fingerprint density at radius 2 is 1.45 bits per heavy atom. The molecule has 0 aromatic heterocycles. The number of hydrogen-bond acceptors (Lipinski definition) is 4. The summed E-state index contributed by atoms with van der Waals surface area (Å²) >= 11 is 0. The Bertz CT molecular complexity index is 656. The summed E-state index contributed by atoms with van der Waals surface area (Å²) in [5.74, 6) is 1.58. The highest BCUT2D eigenvalue weighted by Crippen LogP contribution is 2.53. The largest absolute Gasteiger partial charge is 0.352 e. The molecule has 0 heterocycles. The Morgan fingerprint density at radius 1 is 0.828 bits per heavy atom. The van der Waals surface area contributed by atoms with E-state index in [1.54, 1.807) is 6.92 Å². The van der Waals surface area contributed by atoms with Crippen molar-refractivity contribution in [1.29, 1.82) is 0 Å².